The average Bonchev–Trinajstić information content (AvgIpc) is 2.69. The number of carbonyl (C=O) groups is 1. The summed E-state index contributed by atoms with van der Waals surface area (Å²) in [4.78, 5) is 11.1. The molecule has 0 spiro atoms. The lowest BCUT2D eigenvalue weighted by Gasteiger charge is -2.33. The molecule has 0 radical (unpaired) electrons. The van der Waals surface area contributed by atoms with Crippen LogP contribution in [-0.4, -0.2) is 18.5 Å². The highest BCUT2D eigenvalue weighted by atomic mass is 19.3. The van der Waals surface area contributed by atoms with Crippen molar-refractivity contribution in [3.63, 3.8) is 0 Å². The van der Waals surface area contributed by atoms with E-state index in [4.69, 9.17) is 9.47 Å². The van der Waals surface area contributed by atoms with Crippen molar-refractivity contribution in [3.8, 4) is 11.5 Å². The minimum atomic E-state index is -3.16. The van der Waals surface area contributed by atoms with Gasteiger partial charge in [0.15, 0.2) is 5.78 Å². The van der Waals surface area contributed by atoms with E-state index in [-0.39, 0.29) is 24.6 Å². The molecule has 0 amide bonds. The lowest BCUT2D eigenvalue weighted by Crippen LogP contribution is -2.37. The molecule has 28 heavy (non-hydrogen) atoms. The van der Waals surface area contributed by atoms with Gasteiger partial charge in [0.05, 0.1) is 12.5 Å². The Balaban J connectivity index is 1.78. The Labute approximate surface area is 167 Å². The third kappa shape index (κ3) is 7.25. The summed E-state index contributed by atoms with van der Waals surface area (Å²) >= 11 is 0. The first-order valence-corrected chi connectivity index (χ1v) is 10.4. The van der Waals surface area contributed by atoms with E-state index >= 15 is 0 Å². The Kier molecular flexibility index (Phi) is 8.94. The van der Waals surface area contributed by atoms with Gasteiger partial charge in [0.2, 0.25) is 0 Å². The van der Waals surface area contributed by atoms with E-state index in [0.29, 0.717) is 24.5 Å². The minimum absolute atomic E-state index is 0.0975. The summed E-state index contributed by atoms with van der Waals surface area (Å²) in [6.45, 7) is 5.80. The lowest BCUT2D eigenvalue weighted by atomic mass is 9.79. The topological polar surface area (TPSA) is 35.5 Å². The molecule has 1 aliphatic carbocycles. The molecule has 0 aliphatic heterocycles. The first-order chi connectivity index (χ1) is 13.4. The number of alkyl halides is 2. The van der Waals surface area contributed by atoms with Crippen molar-refractivity contribution in [1.29, 1.82) is 0 Å². The maximum Gasteiger partial charge on any atom is 0.400 e. The standard InChI is InChI=1S/C23H32F2O3/c1-3-5-6-7-18-8-10-19(11-9-18)23(24,25)28-22-14-12-21(13-15-22)27-17-16-20(26)4-2/h4,12-15,18-19H,2-3,5-11,16-17H2,1H3. The summed E-state index contributed by atoms with van der Waals surface area (Å²) in [6.07, 6.45) is 5.87. The SMILES string of the molecule is C=CC(=O)CCOc1ccc(OC(F)(F)C2CCC(CCCCC)CC2)cc1. The maximum absolute atomic E-state index is 14.6. The molecule has 156 valence electrons. The van der Waals surface area contributed by atoms with E-state index < -0.39 is 12.0 Å². The zero-order chi connectivity index (χ0) is 20.4. The number of rotatable bonds is 12. The van der Waals surface area contributed by atoms with Gasteiger partial charge < -0.3 is 9.47 Å². The molecule has 3 nitrogen and oxygen atoms in total. The molecular weight excluding hydrogens is 362 g/mol. The van der Waals surface area contributed by atoms with Crippen molar-refractivity contribution in [1.82, 2.24) is 0 Å². The van der Waals surface area contributed by atoms with Crippen LogP contribution in [0.15, 0.2) is 36.9 Å². The van der Waals surface area contributed by atoms with Crippen molar-refractivity contribution >= 4 is 5.78 Å². The molecule has 0 N–H and O–H groups in total. The quantitative estimate of drug-likeness (QED) is 0.297. The van der Waals surface area contributed by atoms with E-state index in [1.165, 1.54) is 37.5 Å². The molecule has 0 saturated heterocycles. The summed E-state index contributed by atoms with van der Waals surface area (Å²) in [5, 5.41) is 0. The van der Waals surface area contributed by atoms with Crippen LogP contribution >= 0.6 is 0 Å². The maximum atomic E-state index is 14.6. The third-order valence-corrected chi connectivity index (χ3v) is 5.46. The van der Waals surface area contributed by atoms with E-state index in [0.717, 1.165) is 19.3 Å². The van der Waals surface area contributed by atoms with Gasteiger partial charge >= 0.3 is 6.11 Å². The minimum Gasteiger partial charge on any atom is -0.493 e. The molecular formula is C23H32F2O3. The van der Waals surface area contributed by atoms with Crippen molar-refractivity contribution < 1.29 is 23.0 Å². The highest BCUT2D eigenvalue weighted by Gasteiger charge is 2.43. The van der Waals surface area contributed by atoms with E-state index in [1.807, 2.05) is 0 Å². The number of carbonyl (C=O) groups excluding carboxylic acids is 1. The Hall–Kier alpha value is -1.91. The Morgan fingerprint density at radius 2 is 1.79 bits per heavy atom. The van der Waals surface area contributed by atoms with Crippen LogP contribution < -0.4 is 9.47 Å². The van der Waals surface area contributed by atoms with Crippen LogP contribution in [0.2, 0.25) is 0 Å². The molecule has 2 rings (SSSR count). The summed E-state index contributed by atoms with van der Waals surface area (Å²) < 4.78 is 39.6. The molecule has 1 fully saturated rings. The fourth-order valence-corrected chi connectivity index (χ4v) is 3.69. The second kappa shape index (κ2) is 11.2. The Morgan fingerprint density at radius 3 is 2.39 bits per heavy atom. The molecule has 0 aromatic heterocycles. The first kappa shape index (κ1) is 22.4. The zero-order valence-corrected chi connectivity index (χ0v) is 16.8. The molecule has 0 heterocycles. The fraction of sp³-hybridized carbons (Fsp3) is 0.609. The first-order valence-electron chi connectivity index (χ1n) is 10.4. The van der Waals surface area contributed by atoms with E-state index in [9.17, 15) is 13.6 Å². The van der Waals surface area contributed by atoms with Crippen molar-refractivity contribution in [3.05, 3.63) is 36.9 Å². The van der Waals surface area contributed by atoms with Gasteiger partial charge in [0, 0.05) is 6.42 Å². The molecule has 5 heteroatoms. The zero-order valence-electron chi connectivity index (χ0n) is 16.8. The van der Waals surface area contributed by atoms with Crippen molar-refractivity contribution in [2.24, 2.45) is 11.8 Å². The van der Waals surface area contributed by atoms with Crippen molar-refractivity contribution in [2.45, 2.75) is 70.8 Å². The summed E-state index contributed by atoms with van der Waals surface area (Å²) in [6, 6.07) is 6.12. The van der Waals surface area contributed by atoms with Crippen LogP contribution in [0.3, 0.4) is 0 Å². The second-order valence-corrected chi connectivity index (χ2v) is 7.62. The van der Waals surface area contributed by atoms with Gasteiger partial charge in [0.25, 0.3) is 0 Å². The highest BCUT2D eigenvalue weighted by molar-refractivity contribution is 5.89. The van der Waals surface area contributed by atoms with Gasteiger partial charge in [0.1, 0.15) is 11.5 Å². The molecule has 1 aromatic rings. The summed E-state index contributed by atoms with van der Waals surface area (Å²) in [5.74, 6) is 0.406. The van der Waals surface area contributed by atoms with Crippen molar-refractivity contribution in [2.75, 3.05) is 6.61 Å². The number of ether oxygens (including phenoxy) is 2. The number of benzene rings is 1. The van der Waals surface area contributed by atoms with Crippen LogP contribution in [0.4, 0.5) is 8.78 Å². The summed E-state index contributed by atoms with van der Waals surface area (Å²) in [7, 11) is 0. The van der Waals surface area contributed by atoms with Crippen LogP contribution in [0.25, 0.3) is 0 Å². The molecule has 1 aliphatic rings. The predicted molar refractivity (Wildman–Crippen MR) is 107 cm³/mol. The normalized spacial score (nSPS) is 19.8. The Bertz CT molecular complexity index is 605. The van der Waals surface area contributed by atoms with E-state index in [1.54, 1.807) is 12.1 Å². The van der Waals surface area contributed by atoms with Gasteiger partial charge in [-0.3, -0.25) is 4.79 Å². The largest absolute Gasteiger partial charge is 0.493 e. The van der Waals surface area contributed by atoms with Crippen LogP contribution in [0.1, 0.15) is 64.7 Å². The monoisotopic (exact) mass is 394 g/mol. The number of ketones is 1. The van der Waals surface area contributed by atoms with Crippen LogP contribution in [0.5, 0.6) is 11.5 Å². The van der Waals surface area contributed by atoms with Crippen LogP contribution in [0, 0.1) is 11.8 Å². The molecule has 0 atom stereocenters. The fourth-order valence-electron chi connectivity index (χ4n) is 3.69. The molecule has 1 aromatic carbocycles. The Morgan fingerprint density at radius 1 is 1.14 bits per heavy atom. The lowest BCUT2D eigenvalue weighted by molar-refractivity contribution is -0.223. The number of allylic oxidation sites excluding steroid dienone is 1. The van der Waals surface area contributed by atoms with Gasteiger partial charge in [-0.1, -0.05) is 39.2 Å². The van der Waals surface area contributed by atoms with Gasteiger partial charge in [-0.05, 0) is 61.9 Å². The summed E-state index contributed by atoms with van der Waals surface area (Å²) in [5.41, 5.74) is 0. The predicted octanol–water partition coefficient (Wildman–Crippen LogP) is 6.57. The van der Waals surface area contributed by atoms with E-state index in [2.05, 4.69) is 13.5 Å². The second-order valence-electron chi connectivity index (χ2n) is 7.62. The molecule has 0 unspecified atom stereocenters. The number of halogens is 2. The number of hydrogen-bond donors (Lipinski definition) is 0. The third-order valence-electron chi connectivity index (χ3n) is 5.46. The number of unbranched alkanes of at least 4 members (excludes halogenated alkanes) is 2. The highest BCUT2D eigenvalue weighted by Crippen LogP contribution is 2.41. The van der Waals surface area contributed by atoms with Crippen LogP contribution in [-0.2, 0) is 4.79 Å². The van der Waals surface area contributed by atoms with Gasteiger partial charge in [-0.15, -0.1) is 0 Å². The van der Waals surface area contributed by atoms with Gasteiger partial charge in [-0.25, -0.2) is 0 Å². The molecule has 0 bridgehead atoms. The number of hydrogen-bond acceptors (Lipinski definition) is 3. The van der Waals surface area contributed by atoms with Gasteiger partial charge in [-0.2, -0.15) is 8.78 Å². The smallest absolute Gasteiger partial charge is 0.400 e. The average molecular weight is 395 g/mol. The molecule has 1 saturated carbocycles.